The molecule has 0 aliphatic carbocycles. The predicted molar refractivity (Wildman–Crippen MR) is 115 cm³/mol. The van der Waals surface area contributed by atoms with Crippen molar-refractivity contribution < 1.29 is 0 Å². The monoisotopic (exact) mass is 341 g/mol. The van der Waals surface area contributed by atoms with Crippen LogP contribution in [-0.4, -0.2) is 7.05 Å². The van der Waals surface area contributed by atoms with E-state index in [1.54, 1.807) is 0 Å². The standard InChI is InChI=1S/C25H27N/c1-4-11-24(18-20(5-2)21-12-7-6-8-13-21)26(3)25-17-16-22-14-9-10-15-23(22)19-25/h6-19H,4-5H2,1-3H3/b20-18+,24-11+. The molecule has 1 heteroatoms. The fourth-order valence-electron chi connectivity index (χ4n) is 3.26. The minimum atomic E-state index is 1.01. The van der Waals surface area contributed by atoms with Gasteiger partial charge < -0.3 is 4.90 Å². The molecule has 3 rings (SSSR count). The van der Waals surface area contributed by atoms with E-state index in [4.69, 9.17) is 0 Å². The summed E-state index contributed by atoms with van der Waals surface area (Å²) in [5.74, 6) is 0. The molecule has 1 nitrogen and oxygen atoms in total. The predicted octanol–water partition coefficient (Wildman–Crippen LogP) is 7.06. The van der Waals surface area contributed by atoms with Crippen LogP contribution < -0.4 is 4.90 Å². The van der Waals surface area contributed by atoms with Crippen molar-refractivity contribution in [3.8, 4) is 0 Å². The average Bonchev–Trinajstić information content (AvgIpc) is 2.71. The van der Waals surface area contributed by atoms with Crippen LogP contribution in [0.2, 0.25) is 0 Å². The molecule has 0 aliphatic rings. The smallest absolute Gasteiger partial charge is 0.0414 e. The van der Waals surface area contributed by atoms with Crippen LogP contribution in [-0.2, 0) is 0 Å². The Morgan fingerprint density at radius 3 is 2.23 bits per heavy atom. The molecule has 0 saturated carbocycles. The highest BCUT2D eigenvalue weighted by Gasteiger charge is 2.08. The van der Waals surface area contributed by atoms with Gasteiger partial charge in [0.25, 0.3) is 0 Å². The number of allylic oxidation sites excluding steroid dienone is 3. The second kappa shape index (κ2) is 8.53. The van der Waals surface area contributed by atoms with Crippen molar-refractivity contribution in [2.45, 2.75) is 26.7 Å². The van der Waals surface area contributed by atoms with E-state index >= 15 is 0 Å². The van der Waals surface area contributed by atoms with Gasteiger partial charge in [-0.15, -0.1) is 0 Å². The van der Waals surface area contributed by atoms with Crippen LogP contribution in [0, 0.1) is 0 Å². The molecule has 0 bridgehead atoms. The van der Waals surface area contributed by atoms with Gasteiger partial charge in [-0.05, 0) is 53.0 Å². The molecular weight excluding hydrogens is 314 g/mol. The zero-order valence-corrected chi connectivity index (χ0v) is 15.9. The summed E-state index contributed by atoms with van der Waals surface area (Å²) in [5.41, 5.74) is 5.11. The first-order chi connectivity index (χ1) is 12.7. The maximum atomic E-state index is 2.33. The third-order valence-corrected chi connectivity index (χ3v) is 4.77. The summed E-state index contributed by atoms with van der Waals surface area (Å²) >= 11 is 0. The number of nitrogens with zero attached hydrogens (tertiary/aromatic N) is 1. The maximum absolute atomic E-state index is 2.33. The summed E-state index contributed by atoms with van der Waals surface area (Å²) in [6, 6.07) is 25.8. The van der Waals surface area contributed by atoms with Crippen molar-refractivity contribution in [1.29, 1.82) is 0 Å². The van der Waals surface area contributed by atoms with E-state index in [1.807, 2.05) is 0 Å². The van der Waals surface area contributed by atoms with E-state index in [0.29, 0.717) is 0 Å². The largest absolute Gasteiger partial charge is 0.345 e. The molecular formula is C25H27N. The van der Waals surface area contributed by atoms with Crippen LogP contribution in [0.4, 0.5) is 5.69 Å². The molecule has 0 unspecified atom stereocenters. The maximum Gasteiger partial charge on any atom is 0.0414 e. The van der Waals surface area contributed by atoms with Gasteiger partial charge in [0.2, 0.25) is 0 Å². The van der Waals surface area contributed by atoms with Crippen LogP contribution in [0.15, 0.2) is 90.6 Å². The number of fused-ring (bicyclic) bond motifs is 1. The van der Waals surface area contributed by atoms with Gasteiger partial charge in [0.05, 0.1) is 0 Å². The van der Waals surface area contributed by atoms with E-state index in [2.05, 4.69) is 111 Å². The molecule has 0 spiro atoms. The van der Waals surface area contributed by atoms with Gasteiger partial charge in [-0.2, -0.15) is 0 Å². The van der Waals surface area contributed by atoms with Crippen molar-refractivity contribution in [1.82, 2.24) is 0 Å². The molecule has 0 aromatic heterocycles. The van der Waals surface area contributed by atoms with Crippen molar-refractivity contribution in [2.24, 2.45) is 0 Å². The Kier molecular flexibility index (Phi) is 5.91. The van der Waals surface area contributed by atoms with E-state index < -0.39 is 0 Å². The lowest BCUT2D eigenvalue weighted by atomic mass is 10.0. The van der Waals surface area contributed by atoms with Crippen LogP contribution >= 0.6 is 0 Å². The lowest BCUT2D eigenvalue weighted by Crippen LogP contribution is -2.15. The Morgan fingerprint density at radius 1 is 0.846 bits per heavy atom. The Bertz CT molecular complexity index is 919. The Hall–Kier alpha value is -2.80. The van der Waals surface area contributed by atoms with Crippen LogP contribution in [0.25, 0.3) is 16.3 Å². The van der Waals surface area contributed by atoms with Crippen molar-refractivity contribution >= 4 is 22.0 Å². The number of rotatable bonds is 6. The lowest BCUT2D eigenvalue weighted by Gasteiger charge is -2.22. The Morgan fingerprint density at radius 2 is 1.54 bits per heavy atom. The Labute approximate surface area is 157 Å². The second-order valence-corrected chi connectivity index (χ2v) is 6.52. The molecule has 0 fully saturated rings. The fourth-order valence-corrected chi connectivity index (χ4v) is 3.26. The lowest BCUT2D eigenvalue weighted by molar-refractivity contribution is 1.09. The van der Waals surface area contributed by atoms with Gasteiger partial charge in [0.1, 0.15) is 0 Å². The average molecular weight is 341 g/mol. The summed E-state index contributed by atoms with van der Waals surface area (Å²) < 4.78 is 0. The van der Waals surface area contributed by atoms with Crippen LogP contribution in [0.5, 0.6) is 0 Å². The number of likely N-dealkylation sites (N-methyl/N-ethyl adjacent to an activating group) is 1. The Balaban J connectivity index is 1.98. The summed E-state index contributed by atoms with van der Waals surface area (Å²) in [6.45, 7) is 4.41. The van der Waals surface area contributed by atoms with Gasteiger partial charge in [-0.3, -0.25) is 0 Å². The summed E-state index contributed by atoms with van der Waals surface area (Å²) in [7, 11) is 2.15. The third kappa shape index (κ3) is 4.05. The molecule has 132 valence electrons. The summed E-state index contributed by atoms with van der Waals surface area (Å²) in [4.78, 5) is 2.29. The first-order valence-corrected chi connectivity index (χ1v) is 9.41. The molecule has 0 radical (unpaired) electrons. The molecule has 3 aromatic carbocycles. The minimum absolute atomic E-state index is 1.01. The summed E-state index contributed by atoms with van der Waals surface area (Å²) in [5, 5.41) is 2.55. The first-order valence-electron chi connectivity index (χ1n) is 9.41. The fraction of sp³-hybridized carbons (Fsp3) is 0.200. The van der Waals surface area contributed by atoms with Gasteiger partial charge in [-0.1, -0.05) is 80.6 Å². The second-order valence-electron chi connectivity index (χ2n) is 6.52. The van der Waals surface area contributed by atoms with E-state index in [1.165, 1.54) is 33.3 Å². The molecule has 3 aromatic rings. The van der Waals surface area contributed by atoms with Gasteiger partial charge in [0.15, 0.2) is 0 Å². The zero-order valence-electron chi connectivity index (χ0n) is 15.9. The molecule has 0 aliphatic heterocycles. The first kappa shape index (κ1) is 18.0. The van der Waals surface area contributed by atoms with Gasteiger partial charge in [0, 0.05) is 18.4 Å². The number of hydrogen-bond donors (Lipinski definition) is 0. The molecule has 0 N–H and O–H groups in total. The molecule has 0 heterocycles. The topological polar surface area (TPSA) is 3.24 Å². The molecule has 26 heavy (non-hydrogen) atoms. The highest BCUT2D eigenvalue weighted by Crippen LogP contribution is 2.27. The van der Waals surface area contributed by atoms with Crippen LogP contribution in [0.1, 0.15) is 32.3 Å². The SMILES string of the molecule is CC/C=C(\C=C(/CC)c1ccccc1)N(C)c1ccc2ccccc2c1. The van der Waals surface area contributed by atoms with Gasteiger partial charge >= 0.3 is 0 Å². The van der Waals surface area contributed by atoms with Crippen molar-refractivity contribution in [3.63, 3.8) is 0 Å². The van der Waals surface area contributed by atoms with E-state index in [9.17, 15) is 0 Å². The highest BCUT2D eigenvalue weighted by molar-refractivity contribution is 5.86. The number of hydrogen-bond acceptors (Lipinski definition) is 1. The quantitative estimate of drug-likeness (QED) is 0.434. The normalized spacial score (nSPS) is 12.4. The van der Waals surface area contributed by atoms with Crippen LogP contribution in [0.3, 0.4) is 0 Å². The van der Waals surface area contributed by atoms with Crippen molar-refractivity contribution in [2.75, 3.05) is 11.9 Å². The van der Waals surface area contributed by atoms with E-state index in [0.717, 1.165) is 12.8 Å². The molecule has 0 saturated heterocycles. The zero-order chi connectivity index (χ0) is 18.4. The van der Waals surface area contributed by atoms with Crippen molar-refractivity contribution in [3.05, 3.63) is 96.2 Å². The van der Waals surface area contributed by atoms with E-state index in [-0.39, 0.29) is 0 Å². The van der Waals surface area contributed by atoms with Gasteiger partial charge in [-0.25, -0.2) is 0 Å². The number of benzene rings is 3. The molecule has 0 amide bonds. The minimum Gasteiger partial charge on any atom is -0.345 e. The third-order valence-electron chi connectivity index (χ3n) is 4.77. The highest BCUT2D eigenvalue weighted by atomic mass is 15.1. The summed E-state index contributed by atoms with van der Waals surface area (Å²) in [6.07, 6.45) is 6.65. The molecule has 0 atom stereocenters. The number of anilines is 1.